The summed E-state index contributed by atoms with van der Waals surface area (Å²) in [5, 5.41) is 7.99. The van der Waals surface area contributed by atoms with E-state index in [1.165, 1.54) is 0 Å². The highest BCUT2D eigenvalue weighted by atomic mass is 16.7. The average Bonchev–Trinajstić information content (AvgIpc) is 2.39. The van der Waals surface area contributed by atoms with Gasteiger partial charge in [0.1, 0.15) is 11.9 Å². The summed E-state index contributed by atoms with van der Waals surface area (Å²) in [4.78, 5) is 20.7. The molecule has 0 fully saturated rings. The van der Waals surface area contributed by atoms with Gasteiger partial charge >= 0.3 is 6.16 Å². The Kier molecular flexibility index (Phi) is 9.14. The number of ketones is 1. The summed E-state index contributed by atoms with van der Waals surface area (Å²) in [5.74, 6) is 0.302. The van der Waals surface area contributed by atoms with Crippen LogP contribution in [-0.2, 0) is 16.0 Å². The van der Waals surface area contributed by atoms with Crippen LogP contribution in [0.1, 0.15) is 39.2 Å². The second-order valence-electron chi connectivity index (χ2n) is 4.16. The maximum atomic E-state index is 11.0. The van der Waals surface area contributed by atoms with Crippen molar-refractivity contribution in [1.29, 1.82) is 0 Å². The van der Waals surface area contributed by atoms with Gasteiger partial charge in [-0.15, -0.1) is 0 Å². The third kappa shape index (κ3) is 9.83. The molecule has 1 rings (SSSR count). The maximum absolute atomic E-state index is 11.0. The van der Waals surface area contributed by atoms with Gasteiger partial charge in [0, 0.05) is 12.8 Å². The molecule has 19 heavy (non-hydrogen) atoms. The van der Waals surface area contributed by atoms with Crippen molar-refractivity contribution in [2.75, 3.05) is 0 Å². The van der Waals surface area contributed by atoms with Crippen LogP contribution in [0.3, 0.4) is 0 Å². The first-order valence-electron chi connectivity index (χ1n) is 6.44. The van der Waals surface area contributed by atoms with Crippen LogP contribution in [0.2, 0.25) is 0 Å². The van der Waals surface area contributed by atoms with E-state index in [4.69, 9.17) is 5.11 Å². The predicted molar refractivity (Wildman–Crippen MR) is 74.3 cm³/mol. The quantitative estimate of drug-likeness (QED) is 0.825. The third-order valence-corrected chi connectivity index (χ3v) is 2.52. The molecule has 0 aliphatic heterocycles. The van der Waals surface area contributed by atoms with Gasteiger partial charge in [-0.1, -0.05) is 44.2 Å². The summed E-state index contributed by atoms with van der Waals surface area (Å²) in [6.45, 7) is 5.48. The van der Waals surface area contributed by atoms with Crippen molar-refractivity contribution in [2.24, 2.45) is 0 Å². The lowest BCUT2D eigenvalue weighted by Gasteiger charge is -2.04. The van der Waals surface area contributed by atoms with Crippen molar-refractivity contribution >= 4 is 11.9 Å². The zero-order valence-electron chi connectivity index (χ0n) is 11.8. The summed E-state index contributed by atoms with van der Waals surface area (Å²) >= 11 is 0. The molecule has 106 valence electrons. The average molecular weight is 266 g/mol. The minimum Gasteiger partial charge on any atom is -0.450 e. The fourth-order valence-electron chi connectivity index (χ4n) is 1.20. The van der Waals surface area contributed by atoms with Gasteiger partial charge in [0.2, 0.25) is 0 Å². The van der Waals surface area contributed by atoms with Gasteiger partial charge in [0.05, 0.1) is 0 Å². The Balaban J connectivity index is 0.000000362. The van der Waals surface area contributed by atoms with E-state index in [0.717, 1.165) is 12.0 Å². The monoisotopic (exact) mass is 266 g/mol. The Morgan fingerprint density at radius 2 is 1.79 bits per heavy atom. The molecule has 0 spiro atoms. The molecule has 0 bridgehead atoms. The number of hydrogen-bond acceptors (Lipinski definition) is 3. The summed E-state index contributed by atoms with van der Waals surface area (Å²) < 4.78 is 4.32. The lowest BCUT2D eigenvalue weighted by atomic mass is 10.1. The van der Waals surface area contributed by atoms with Crippen LogP contribution < -0.4 is 0 Å². The number of benzene rings is 1. The molecular formula is C15H22O4. The topological polar surface area (TPSA) is 63.6 Å². The fourth-order valence-corrected chi connectivity index (χ4v) is 1.20. The fraction of sp³-hybridized carbons (Fsp3) is 0.467. The summed E-state index contributed by atoms with van der Waals surface area (Å²) in [6.07, 6.45) is 0.574. The summed E-state index contributed by atoms with van der Waals surface area (Å²) in [7, 11) is 0. The highest BCUT2D eigenvalue weighted by Gasteiger charge is 2.02. The van der Waals surface area contributed by atoms with Gasteiger partial charge in [-0.05, 0) is 18.9 Å². The molecule has 0 aromatic heterocycles. The van der Waals surface area contributed by atoms with E-state index < -0.39 is 6.16 Å². The number of carbonyl (C=O) groups excluding carboxylic acids is 1. The summed E-state index contributed by atoms with van der Waals surface area (Å²) in [6, 6.07) is 9.83. The first kappa shape index (κ1) is 17.2. The van der Waals surface area contributed by atoms with Crippen LogP contribution in [-0.4, -0.2) is 23.1 Å². The molecular weight excluding hydrogens is 244 g/mol. The molecule has 0 amide bonds. The Morgan fingerprint density at radius 3 is 2.16 bits per heavy atom. The maximum Gasteiger partial charge on any atom is 0.506 e. The van der Waals surface area contributed by atoms with Crippen molar-refractivity contribution in [2.45, 2.75) is 46.1 Å². The van der Waals surface area contributed by atoms with Crippen molar-refractivity contribution in [3.05, 3.63) is 35.9 Å². The molecule has 0 saturated carbocycles. The zero-order chi connectivity index (χ0) is 14.7. The van der Waals surface area contributed by atoms with E-state index in [9.17, 15) is 9.59 Å². The van der Waals surface area contributed by atoms with Crippen LogP contribution in [0, 0.1) is 0 Å². The molecule has 0 saturated heterocycles. The van der Waals surface area contributed by atoms with Crippen LogP contribution in [0.4, 0.5) is 4.79 Å². The van der Waals surface area contributed by atoms with Crippen LogP contribution >= 0.6 is 0 Å². The number of rotatable bonds is 5. The molecule has 0 radical (unpaired) electrons. The predicted octanol–water partition coefficient (Wildman–Crippen LogP) is 3.69. The van der Waals surface area contributed by atoms with Gasteiger partial charge in [0.15, 0.2) is 0 Å². The molecule has 0 aliphatic rings. The first-order valence-corrected chi connectivity index (χ1v) is 6.44. The Labute approximate surface area is 114 Å². The number of hydrogen-bond donors (Lipinski definition) is 1. The van der Waals surface area contributed by atoms with Crippen LogP contribution in [0.5, 0.6) is 0 Å². The lowest BCUT2D eigenvalue weighted by molar-refractivity contribution is -0.118. The van der Waals surface area contributed by atoms with Crippen molar-refractivity contribution < 1.29 is 19.4 Å². The second-order valence-corrected chi connectivity index (χ2v) is 4.16. The van der Waals surface area contributed by atoms with Gasteiger partial charge in [-0.3, -0.25) is 4.79 Å². The van der Waals surface area contributed by atoms with Crippen LogP contribution in [0.25, 0.3) is 0 Å². The number of ether oxygens (including phenoxy) is 1. The Morgan fingerprint density at radius 1 is 1.21 bits per heavy atom. The van der Waals surface area contributed by atoms with Crippen molar-refractivity contribution in [3.63, 3.8) is 0 Å². The van der Waals surface area contributed by atoms with Crippen molar-refractivity contribution in [1.82, 2.24) is 0 Å². The lowest BCUT2D eigenvalue weighted by Crippen LogP contribution is -2.10. The molecule has 1 aromatic carbocycles. The molecule has 1 aromatic rings. The third-order valence-electron chi connectivity index (χ3n) is 2.52. The highest BCUT2D eigenvalue weighted by molar-refractivity contribution is 5.80. The second kappa shape index (κ2) is 10.1. The molecule has 0 aliphatic carbocycles. The molecule has 4 heteroatoms. The highest BCUT2D eigenvalue weighted by Crippen LogP contribution is 2.00. The van der Waals surface area contributed by atoms with E-state index in [0.29, 0.717) is 18.6 Å². The SMILES string of the molecule is CCC(=O)Cc1ccccc1.CCC(C)OC(=O)O. The minimum absolute atomic E-state index is 0.174. The normalized spacial score (nSPS) is 10.9. The smallest absolute Gasteiger partial charge is 0.450 e. The van der Waals surface area contributed by atoms with Crippen LogP contribution in [0.15, 0.2) is 30.3 Å². The largest absolute Gasteiger partial charge is 0.506 e. The van der Waals surface area contributed by atoms with Gasteiger partial charge in [0.25, 0.3) is 0 Å². The standard InChI is InChI=1S/C10H12O.C5H10O3/c1-2-10(11)8-9-6-4-3-5-7-9;1-3-4(2)8-5(6)7/h3-7H,2,8H2,1H3;4H,3H2,1-2H3,(H,6,7). The minimum atomic E-state index is -1.20. The van der Waals surface area contributed by atoms with E-state index in [1.807, 2.05) is 44.2 Å². The molecule has 0 heterocycles. The van der Waals surface area contributed by atoms with Crippen molar-refractivity contribution in [3.8, 4) is 0 Å². The molecule has 1 atom stereocenters. The Bertz CT molecular complexity index is 373. The first-order chi connectivity index (χ1) is 8.99. The van der Waals surface area contributed by atoms with E-state index in [-0.39, 0.29) is 6.10 Å². The zero-order valence-corrected chi connectivity index (χ0v) is 11.8. The molecule has 1 N–H and O–H groups in total. The van der Waals surface area contributed by atoms with E-state index in [1.54, 1.807) is 6.92 Å². The molecule has 4 nitrogen and oxygen atoms in total. The van der Waals surface area contributed by atoms with Gasteiger partial charge in [-0.2, -0.15) is 0 Å². The van der Waals surface area contributed by atoms with Gasteiger partial charge in [-0.25, -0.2) is 4.79 Å². The van der Waals surface area contributed by atoms with E-state index in [2.05, 4.69) is 4.74 Å². The Hall–Kier alpha value is -1.84. The number of carbonyl (C=O) groups is 2. The number of carboxylic acid groups (broad SMARTS) is 1. The molecule has 1 unspecified atom stereocenters. The number of Topliss-reactive ketones (excluding diaryl/α,β-unsaturated/α-hetero) is 1. The van der Waals surface area contributed by atoms with E-state index >= 15 is 0 Å². The van der Waals surface area contributed by atoms with Gasteiger partial charge < -0.3 is 9.84 Å². The summed E-state index contributed by atoms with van der Waals surface area (Å²) in [5.41, 5.74) is 1.11.